The van der Waals surface area contributed by atoms with Gasteiger partial charge >= 0.3 is 5.97 Å². The first-order chi connectivity index (χ1) is 11.4. The second-order valence-electron chi connectivity index (χ2n) is 5.86. The lowest BCUT2D eigenvalue weighted by atomic mass is 9.81. The number of ether oxygens (including phenoxy) is 1. The number of carbonyl (C=O) groups excluding carboxylic acids is 1. The van der Waals surface area contributed by atoms with Crippen LogP contribution in [0.4, 0.5) is 5.69 Å². The molecule has 1 saturated carbocycles. The fourth-order valence-corrected chi connectivity index (χ4v) is 2.95. The van der Waals surface area contributed by atoms with Gasteiger partial charge in [0.25, 0.3) is 5.69 Å². The van der Waals surface area contributed by atoms with Crippen LogP contribution in [0.15, 0.2) is 18.2 Å². The standard InChI is InChI=1S/C16H20N2O6/c1-24-14-7-6-13(18(22)23)8-12(14)9-17-15(19)10-2-4-11(5-3-10)16(20)21/h6-8,10-11H,2-5,9H2,1H3,(H,17,19)(H,20,21). The minimum atomic E-state index is -0.810. The third kappa shape index (κ3) is 4.21. The molecule has 0 spiro atoms. The third-order valence-corrected chi connectivity index (χ3v) is 4.38. The number of hydrogen-bond acceptors (Lipinski definition) is 5. The van der Waals surface area contributed by atoms with Crippen molar-refractivity contribution in [3.8, 4) is 5.75 Å². The summed E-state index contributed by atoms with van der Waals surface area (Å²) in [4.78, 5) is 33.5. The van der Waals surface area contributed by atoms with Gasteiger partial charge in [0.05, 0.1) is 18.0 Å². The van der Waals surface area contributed by atoms with E-state index in [0.29, 0.717) is 37.0 Å². The van der Waals surface area contributed by atoms with Crippen LogP contribution in [0.5, 0.6) is 5.75 Å². The molecule has 1 amide bonds. The molecule has 0 radical (unpaired) electrons. The van der Waals surface area contributed by atoms with Crippen LogP contribution in [-0.2, 0) is 16.1 Å². The van der Waals surface area contributed by atoms with Gasteiger partial charge in [0.15, 0.2) is 0 Å². The van der Waals surface area contributed by atoms with E-state index >= 15 is 0 Å². The predicted molar refractivity (Wildman–Crippen MR) is 84.6 cm³/mol. The average molecular weight is 336 g/mol. The molecule has 0 aliphatic heterocycles. The summed E-state index contributed by atoms with van der Waals surface area (Å²) in [5.74, 6) is -1.09. The van der Waals surface area contributed by atoms with E-state index in [4.69, 9.17) is 9.84 Å². The zero-order valence-electron chi connectivity index (χ0n) is 13.4. The van der Waals surface area contributed by atoms with Crippen LogP contribution in [0.3, 0.4) is 0 Å². The number of hydrogen-bond donors (Lipinski definition) is 2. The van der Waals surface area contributed by atoms with Crippen LogP contribution in [0.25, 0.3) is 0 Å². The molecule has 0 aromatic heterocycles. The van der Waals surface area contributed by atoms with Crippen LogP contribution >= 0.6 is 0 Å². The normalized spacial score (nSPS) is 20.2. The van der Waals surface area contributed by atoms with E-state index in [1.54, 1.807) is 0 Å². The van der Waals surface area contributed by atoms with Gasteiger partial charge in [0.2, 0.25) is 5.91 Å². The van der Waals surface area contributed by atoms with Crippen LogP contribution in [0.1, 0.15) is 31.2 Å². The highest BCUT2D eigenvalue weighted by Gasteiger charge is 2.29. The summed E-state index contributed by atoms with van der Waals surface area (Å²) >= 11 is 0. The molecular weight excluding hydrogens is 316 g/mol. The van der Waals surface area contributed by atoms with Gasteiger partial charge in [-0.3, -0.25) is 19.7 Å². The van der Waals surface area contributed by atoms with Crippen molar-refractivity contribution in [3.05, 3.63) is 33.9 Å². The van der Waals surface area contributed by atoms with Crippen LogP contribution in [-0.4, -0.2) is 29.0 Å². The maximum Gasteiger partial charge on any atom is 0.306 e. The summed E-state index contributed by atoms with van der Waals surface area (Å²) < 4.78 is 5.16. The first kappa shape index (κ1) is 17.7. The quantitative estimate of drug-likeness (QED) is 0.606. The fraction of sp³-hybridized carbons (Fsp3) is 0.500. The van der Waals surface area contributed by atoms with Gasteiger partial charge in [-0.2, -0.15) is 0 Å². The molecule has 24 heavy (non-hydrogen) atoms. The Hall–Kier alpha value is -2.64. The number of amides is 1. The van der Waals surface area contributed by atoms with E-state index in [1.807, 2.05) is 0 Å². The van der Waals surface area contributed by atoms with Crippen molar-refractivity contribution in [1.29, 1.82) is 0 Å². The van der Waals surface area contributed by atoms with Crippen molar-refractivity contribution < 1.29 is 24.4 Å². The molecule has 1 aliphatic rings. The lowest BCUT2D eigenvalue weighted by molar-refractivity contribution is -0.384. The summed E-state index contributed by atoms with van der Waals surface area (Å²) in [7, 11) is 1.46. The predicted octanol–water partition coefficient (Wildman–Crippen LogP) is 2.11. The highest BCUT2D eigenvalue weighted by Crippen LogP contribution is 2.29. The molecule has 2 rings (SSSR count). The Morgan fingerprint density at radius 2 is 1.92 bits per heavy atom. The van der Waals surface area contributed by atoms with Gasteiger partial charge in [-0.15, -0.1) is 0 Å². The molecule has 8 heteroatoms. The third-order valence-electron chi connectivity index (χ3n) is 4.38. The Morgan fingerprint density at radius 3 is 2.46 bits per heavy atom. The van der Waals surface area contributed by atoms with Gasteiger partial charge in [0, 0.05) is 30.2 Å². The van der Waals surface area contributed by atoms with E-state index in [-0.39, 0.29) is 30.0 Å². The summed E-state index contributed by atoms with van der Waals surface area (Å²) in [5, 5.41) is 22.6. The zero-order valence-corrected chi connectivity index (χ0v) is 13.4. The molecular formula is C16H20N2O6. The van der Waals surface area contributed by atoms with E-state index in [0.717, 1.165) is 0 Å². The number of carbonyl (C=O) groups is 2. The second kappa shape index (κ2) is 7.76. The minimum absolute atomic E-state index is 0.0676. The molecule has 1 aliphatic carbocycles. The highest BCUT2D eigenvalue weighted by atomic mass is 16.6. The monoisotopic (exact) mass is 336 g/mol. The number of non-ortho nitro benzene ring substituents is 1. The number of carboxylic acid groups (broad SMARTS) is 1. The summed E-state index contributed by atoms with van der Waals surface area (Å²) in [6.45, 7) is 0.128. The largest absolute Gasteiger partial charge is 0.496 e. The zero-order chi connectivity index (χ0) is 17.7. The Bertz CT molecular complexity index is 637. The molecule has 2 N–H and O–H groups in total. The number of benzene rings is 1. The van der Waals surface area contributed by atoms with Gasteiger partial charge < -0.3 is 15.2 Å². The molecule has 0 unspecified atom stereocenters. The number of methoxy groups -OCH3 is 1. The smallest absolute Gasteiger partial charge is 0.306 e. The van der Waals surface area contributed by atoms with Gasteiger partial charge in [-0.1, -0.05) is 0 Å². The topological polar surface area (TPSA) is 119 Å². The van der Waals surface area contributed by atoms with Crippen molar-refractivity contribution in [3.63, 3.8) is 0 Å². The molecule has 0 bridgehead atoms. The fourth-order valence-electron chi connectivity index (χ4n) is 2.95. The number of rotatable bonds is 6. The SMILES string of the molecule is COc1ccc([N+](=O)[O-])cc1CNC(=O)C1CCC(C(=O)O)CC1. The van der Waals surface area contributed by atoms with Crippen molar-refractivity contribution >= 4 is 17.6 Å². The van der Waals surface area contributed by atoms with Crippen molar-refractivity contribution in [1.82, 2.24) is 5.32 Å². The lowest BCUT2D eigenvalue weighted by Crippen LogP contribution is -2.34. The number of nitro benzene ring substituents is 1. The van der Waals surface area contributed by atoms with Gasteiger partial charge in [-0.25, -0.2) is 0 Å². The summed E-state index contributed by atoms with van der Waals surface area (Å²) in [6, 6.07) is 4.22. The number of carboxylic acids is 1. The summed E-state index contributed by atoms with van der Waals surface area (Å²) in [5.41, 5.74) is 0.460. The summed E-state index contributed by atoms with van der Waals surface area (Å²) in [6.07, 6.45) is 2.06. The number of aliphatic carboxylic acids is 1. The van der Waals surface area contributed by atoms with E-state index in [9.17, 15) is 19.7 Å². The Kier molecular flexibility index (Phi) is 5.73. The minimum Gasteiger partial charge on any atom is -0.496 e. The molecule has 1 aromatic rings. The number of nitrogens with zero attached hydrogens (tertiary/aromatic N) is 1. The molecule has 8 nitrogen and oxygen atoms in total. The molecule has 130 valence electrons. The van der Waals surface area contributed by atoms with Crippen LogP contribution < -0.4 is 10.1 Å². The average Bonchev–Trinajstić information content (AvgIpc) is 2.59. The molecule has 0 atom stereocenters. The first-order valence-electron chi connectivity index (χ1n) is 7.74. The Labute approximate surface area is 139 Å². The lowest BCUT2D eigenvalue weighted by Gasteiger charge is -2.25. The van der Waals surface area contributed by atoms with Crippen molar-refractivity contribution in [2.45, 2.75) is 32.2 Å². The van der Waals surface area contributed by atoms with Gasteiger partial charge in [-0.05, 0) is 31.7 Å². The second-order valence-corrected chi connectivity index (χ2v) is 5.86. The maximum atomic E-state index is 12.2. The molecule has 0 heterocycles. The van der Waals surface area contributed by atoms with Crippen molar-refractivity contribution in [2.75, 3.05) is 7.11 Å². The van der Waals surface area contributed by atoms with E-state index in [1.165, 1.54) is 25.3 Å². The number of nitro groups is 1. The molecule has 1 fully saturated rings. The van der Waals surface area contributed by atoms with E-state index < -0.39 is 10.9 Å². The molecule has 0 saturated heterocycles. The van der Waals surface area contributed by atoms with Gasteiger partial charge in [0.1, 0.15) is 5.75 Å². The Balaban J connectivity index is 1.95. The van der Waals surface area contributed by atoms with Crippen LogP contribution in [0.2, 0.25) is 0 Å². The van der Waals surface area contributed by atoms with Crippen LogP contribution in [0, 0.1) is 22.0 Å². The number of nitrogens with one attached hydrogen (secondary N) is 1. The maximum absolute atomic E-state index is 12.2. The Morgan fingerprint density at radius 1 is 1.29 bits per heavy atom. The highest BCUT2D eigenvalue weighted by molar-refractivity contribution is 5.79. The van der Waals surface area contributed by atoms with E-state index in [2.05, 4.69) is 5.32 Å². The van der Waals surface area contributed by atoms with Crippen molar-refractivity contribution in [2.24, 2.45) is 11.8 Å². The first-order valence-corrected chi connectivity index (χ1v) is 7.74. The molecule has 1 aromatic carbocycles.